The number of ether oxygens (including phenoxy) is 1. The minimum Gasteiger partial charge on any atom is -0.496 e. The van der Waals surface area contributed by atoms with Gasteiger partial charge in [-0.3, -0.25) is 4.79 Å². The van der Waals surface area contributed by atoms with Crippen molar-refractivity contribution in [2.75, 3.05) is 7.11 Å². The summed E-state index contributed by atoms with van der Waals surface area (Å²) in [6.07, 6.45) is 1.80. The third-order valence-electron chi connectivity index (χ3n) is 3.10. The number of carbonyl (C=O) groups excluding carboxylic acids is 1. The first kappa shape index (κ1) is 10.5. The fraction of sp³-hybridized carbons (Fsp3) is 0.417. The van der Waals surface area contributed by atoms with Gasteiger partial charge in [0.1, 0.15) is 11.5 Å². The summed E-state index contributed by atoms with van der Waals surface area (Å²) in [5, 5.41) is 0.651. The predicted octanol–water partition coefficient (Wildman–Crippen LogP) is 2.97. The van der Waals surface area contributed by atoms with Gasteiger partial charge in [-0.15, -0.1) is 0 Å². The third kappa shape index (κ3) is 1.63. The molecule has 15 heavy (non-hydrogen) atoms. The monoisotopic (exact) mass is 224 g/mol. The zero-order valence-corrected chi connectivity index (χ0v) is 9.60. The molecule has 1 saturated carbocycles. The highest BCUT2D eigenvalue weighted by Crippen LogP contribution is 2.52. The number of carbonyl (C=O) groups is 1. The summed E-state index contributed by atoms with van der Waals surface area (Å²) < 4.78 is 5.27. The number of ketones is 1. The van der Waals surface area contributed by atoms with E-state index in [0.717, 1.165) is 24.2 Å². The van der Waals surface area contributed by atoms with Gasteiger partial charge in [0.05, 0.1) is 12.5 Å². The Morgan fingerprint density at radius 3 is 2.60 bits per heavy atom. The van der Waals surface area contributed by atoms with Crippen LogP contribution in [0.3, 0.4) is 0 Å². The van der Waals surface area contributed by atoms with Crippen molar-refractivity contribution >= 4 is 17.4 Å². The maximum Gasteiger partial charge on any atom is 0.140 e. The summed E-state index contributed by atoms with van der Waals surface area (Å²) in [5.74, 6) is 0.954. The lowest BCUT2D eigenvalue weighted by atomic mass is 9.91. The second-order valence-corrected chi connectivity index (χ2v) is 4.42. The minimum absolute atomic E-state index is 0.197. The number of benzene rings is 1. The number of Topliss-reactive ketones (excluding diaryl/α,β-unsaturated/α-hetero) is 1. The summed E-state index contributed by atoms with van der Waals surface area (Å²) in [4.78, 5) is 11.6. The van der Waals surface area contributed by atoms with Crippen LogP contribution in [0.15, 0.2) is 18.2 Å². The van der Waals surface area contributed by atoms with Gasteiger partial charge in [0, 0.05) is 10.6 Å². The van der Waals surface area contributed by atoms with E-state index in [2.05, 4.69) is 0 Å². The molecule has 0 heterocycles. The van der Waals surface area contributed by atoms with Crippen molar-refractivity contribution in [2.24, 2.45) is 0 Å². The normalized spacial score (nSPS) is 17.3. The van der Waals surface area contributed by atoms with Crippen LogP contribution in [0.4, 0.5) is 0 Å². The molecule has 0 unspecified atom stereocenters. The molecule has 0 saturated heterocycles. The van der Waals surface area contributed by atoms with Gasteiger partial charge >= 0.3 is 0 Å². The van der Waals surface area contributed by atoms with E-state index in [0.29, 0.717) is 5.02 Å². The Morgan fingerprint density at radius 2 is 2.13 bits per heavy atom. The largest absolute Gasteiger partial charge is 0.496 e. The molecule has 0 bridgehead atoms. The number of hydrogen-bond donors (Lipinski definition) is 0. The summed E-state index contributed by atoms with van der Waals surface area (Å²) in [7, 11) is 1.61. The molecule has 1 aliphatic carbocycles. The molecule has 0 radical (unpaired) electrons. The van der Waals surface area contributed by atoms with Gasteiger partial charge in [-0.1, -0.05) is 11.6 Å². The van der Waals surface area contributed by atoms with E-state index in [1.807, 2.05) is 12.1 Å². The average molecular weight is 225 g/mol. The second kappa shape index (κ2) is 3.53. The zero-order chi connectivity index (χ0) is 11.1. The molecule has 3 heteroatoms. The number of hydrogen-bond acceptors (Lipinski definition) is 2. The van der Waals surface area contributed by atoms with Gasteiger partial charge < -0.3 is 4.74 Å². The van der Waals surface area contributed by atoms with E-state index >= 15 is 0 Å². The molecule has 1 aromatic rings. The SMILES string of the molecule is COc1ccc(Cl)cc1C1(C(C)=O)CC1. The summed E-state index contributed by atoms with van der Waals surface area (Å²) in [5.41, 5.74) is 0.612. The molecule has 2 nitrogen and oxygen atoms in total. The van der Waals surface area contributed by atoms with E-state index in [9.17, 15) is 4.79 Å². The molecule has 0 atom stereocenters. The van der Waals surface area contributed by atoms with Crippen LogP contribution in [0.5, 0.6) is 5.75 Å². The fourth-order valence-corrected chi connectivity index (χ4v) is 2.16. The Labute approximate surface area is 94.2 Å². The first-order chi connectivity index (χ1) is 7.10. The summed E-state index contributed by atoms with van der Waals surface area (Å²) >= 11 is 5.95. The number of rotatable bonds is 3. The first-order valence-corrected chi connectivity index (χ1v) is 5.33. The van der Waals surface area contributed by atoms with Crippen molar-refractivity contribution in [2.45, 2.75) is 25.2 Å². The lowest BCUT2D eigenvalue weighted by Gasteiger charge is -2.16. The van der Waals surface area contributed by atoms with E-state index < -0.39 is 0 Å². The average Bonchev–Trinajstić information content (AvgIpc) is 2.98. The van der Waals surface area contributed by atoms with Gasteiger partial charge in [0.25, 0.3) is 0 Å². The van der Waals surface area contributed by atoms with Crippen molar-refractivity contribution in [3.05, 3.63) is 28.8 Å². The quantitative estimate of drug-likeness (QED) is 0.789. The second-order valence-electron chi connectivity index (χ2n) is 3.98. The van der Waals surface area contributed by atoms with Crippen molar-refractivity contribution in [3.63, 3.8) is 0 Å². The molecule has 2 rings (SSSR count). The van der Waals surface area contributed by atoms with Crippen LogP contribution in [0.1, 0.15) is 25.3 Å². The first-order valence-electron chi connectivity index (χ1n) is 4.95. The van der Waals surface area contributed by atoms with Crippen LogP contribution in [-0.2, 0) is 10.2 Å². The predicted molar refractivity (Wildman–Crippen MR) is 59.6 cm³/mol. The number of methoxy groups -OCH3 is 1. The van der Waals surface area contributed by atoms with Crippen LogP contribution in [0, 0.1) is 0 Å². The van der Waals surface area contributed by atoms with Crippen LogP contribution in [0.2, 0.25) is 5.02 Å². The molecule has 0 amide bonds. The minimum atomic E-state index is -0.323. The van der Waals surface area contributed by atoms with E-state index in [4.69, 9.17) is 16.3 Å². The van der Waals surface area contributed by atoms with Crippen molar-refractivity contribution in [1.82, 2.24) is 0 Å². The van der Waals surface area contributed by atoms with Crippen molar-refractivity contribution < 1.29 is 9.53 Å². The highest BCUT2D eigenvalue weighted by atomic mass is 35.5. The summed E-state index contributed by atoms with van der Waals surface area (Å²) in [6, 6.07) is 5.44. The van der Waals surface area contributed by atoms with Crippen molar-refractivity contribution in [1.29, 1.82) is 0 Å². The molecule has 1 aromatic carbocycles. The van der Waals surface area contributed by atoms with Crippen molar-refractivity contribution in [3.8, 4) is 5.75 Å². The topological polar surface area (TPSA) is 26.3 Å². The maximum absolute atomic E-state index is 11.6. The zero-order valence-electron chi connectivity index (χ0n) is 8.84. The smallest absolute Gasteiger partial charge is 0.140 e. The Kier molecular flexibility index (Phi) is 2.47. The van der Waals surface area contributed by atoms with E-state index in [1.54, 1.807) is 20.1 Å². The van der Waals surface area contributed by atoms with Crippen LogP contribution in [-0.4, -0.2) is 12.9 Å². The molecule has 0 spiro atoms. The summed E-state index contributed by atoms with van der Waals surface area (Å²) in [6.45, 7) is 1.63. The van der Waals surface area contributed by atoms with Gasteiger partial charge in [0.15, 0.2) is 0 Å². The molecule has 0 aromatic heterocycles. The molecular weight excluding hydrogens is 212 g/mol. The maximum atomic E-state index is 11.6. The number of halogens is 1. The van der Waals surface area contributed by atoms with Gasteiger partial charge in [-0.25, -0.2) is 0 Å². The highest BCUT2D eigenvalue weighted by Gasteiger charge is 2.50. The third-order valence-corrected chi connectivity index (χ3v) is 3.34. The van der Waals surface area contributed by atoms with Crippen LogP contribution >= 0.6 is 11.6 Å². The lowest BCUT2D eigenvalue weighted by molar-refractivity contribution is -0.119. The Hall–Kier alpha value is -1.02. The lowest BCUT2D eigenvalue weighted by Crippen LogP contribution is -2.17. The van der Waals surface area contributed by atoms with Gasteiger partial charge in [-0.2, -0.15) is 0 Å². The van der Waals surface area contributed by atoms with Gasteiger partial charge in [0.2, 0.25) is 0 Å². The molecule has 1 aliphatic rings. The van der Waals surface area contributed by atoms with E-state index in [1.165, 1.54) is 0 Å². The standard InChI is InChI=1S/C12H13ClO2/c1-8(14)12(5-6-12)10-7-9(13)3-4-11(10)15-2/h3-4,7H,5-6H2,1-2H3. The highest BCUT2D eigenvalue weighted by molar-refractivity contribution is 6.30. The Bertz CT molecular complexity index is 408. The Morgan fingerprint density at radius 1 is 1.47 bits per heavy atom. The molecule has 1 fully saturated rings. The molecule has 0 N–H and O–H groups in total. The molecule has 80 valence electrons. The molecular formula is C12H13ClO2. The van der Waals surface area contributed by atoms with Crippen LogP contribution < -0.4 is 4.74 Å². The van der Waals surface area contributed by atoms with Gasteiger partial charge in [-0.05, 0) is 38.0 Å². The van der Waals surface area contributed by atoms with E-state index in [-0.39, 0.29) is 11.2 Å². The Balaban J connectivity index is 2.51. The van der Waals surface area contributed by atoms with Crippen LogP contribution in [0.25, 0.3) is 0 Å². The molecule has 0 aliphatic heterocycles. The fourth-order valence-electron chi connectivity index (χ4n) is 1.99.